The van der Waals surface area contributed by atoms with Gasteiger partial charge in [0.05, 0.1) is 0 Å². The first-order chi connectivity index (χ1) is 9.20. The Kier molecular flexibility index (Phi) is 3.39. The van der Waals surface area contributed by atoms with E-state index in [2.05, 4.69) is 4.98 Å². The summed E-state index contributed by atoms with van der Waals surface area (Å²) in [5.74, 6) is 0. The fourth-order valence-corrected chi connectivity index (χ4v) is 2.73. The van der Waals surface area contributed by atoms with Gasteiger partial charge in [0.15, 0.2) is 18.0 Å². The van der Waals surface area contributed by atoms with Gasteiger partial charge in [-0.15, -0.1) is 3.89 Å². The molecule has 3 rings (SSSR count). The maximum atomic E-state index is 13.0. The summed E-state index contributed by atoms with van der Waals surface area (Å²) in [6.45, 7) is 0. The second-order valence-corrected chi connectivity index (χ2v) is 5.25. The van der Waals surface area contributed by atoms with Crippen LogP contribution in [0.4, 0.5) is 3.89 Å². The molecule has 0 radical (unpaired) electrons. The van der Waals surface area contributed by atoms with Gasteiger partial charge in [-0.25, -0.2) is 8.96 Å². The molecule has 0 spiro atoms. The first kappa shape index (κ1) is 12.8. The van der Waals surface area contributed by atoms with E-state index in [-0.39, 0.29) is 12.3 Å². The summed E-state index contributed by atoms with van der Waals surface area (Å²) in [5.41, 5.74) is 2.15. The molecule has 2 heterocycles. The highest BCUT2D eigenvalue weighted by Crippen LogP contribution is 2.36. The molecule has 0 fully saturated rings. The fraction of sp³-hybridized carbons (Fsp3) is 0. The van der Waals surface area contributed by atoms with Gasteiger partial charge in [0, 0.05) is 27.7 Å². The molecule has 0 N–H and O–H groups in total. The van der Waals surface area contributed by atoms with Gasteiger partial charge in [-0.05, 0) is 18.2 Å². The SMILES string of the molecule is FSn1cc(-c2ccccc2Cl)c2ccc(Cl)nc21. The highest BCUT2D eigenvalue weighted by Gasteiger charge is 2.14. The van der Waals surface area contributed by atoms with Gasteiger partial charge < -0.3 is 0 Å². The highest BCUT2D eigenvalue weighted by molar-refractivity contribution is 7.92. The zero-order chi connectivity index (χ0) is 13.4. The van der Waals surface area contributed by atoms with Crippen LogP contribution in [-0.2, 0) is 0 Å². The lowest BCUT2D eigenvalue weighted by atomic mass is 10.1. The molecule has 0 amide bonds. The summed E-state index contributed by atoms with van der Waals surface area (Å²) >= 11 is 12.1. The molecule has 0 atom stereocenters. The predicted octanol–water partition coefficient (Wildman–Crippen LogP) is 5.39. The van der Waals surface area contributed by atoms with Crippen molar-refractivity contribution in [2.45, 2.75) is 0 Å². The van der Waals surface area contributed by atoms with Gasteiger partial charge in [-0.2, -0.15) is 0 Å². The van der Waals surface area contributed by atoms with Gasteiger partial charge >= 0.3 is 0 Å². The summed E-state index contributed by atoms with van der Waals surface area (Å²) in [6.07, 6.45) is 1.67. The Balaban J connectivity index is 2.34. The molecule has 2 nitrogen and oxygen atoms in total. The van der Waals surface area contributed by atoms with Crippen LogP contribution >= 0.6 is 35.5 Å². The van der Waals surface area contributed by atoms with Crippen molar-refractivity contribution in [3.63, 3.8) is 0 Å². The average Bonchev–Trinajstić information content (AvgIpc) is 2.77. The number of benzene rings is 1. The quantitative estimate of drug-likeness (QED) is 0.590. The minimum atomic E-state index is 0.0808. The van der Waals surface area contributed by atoms with E-state index in [0.717, 1.165) is 16.5 Å². The first-order valence-electron chi connectivity index (χ1n) is 5.42. The number of fused-ring (bicyclic) bond motifs is 1. The third-order valence-electron chi connectivity index (χ3n) is 2.82. The van der Waals surface area contributed by atoms with Crippen LogP contribution in [-0.4, -0.2) is 8.96 Å². The number of hydrogen-bond acceptors (Lipinski definition) is 2. The molecular weight excluding hydrogens is 306 g/mol. The smallest absolute Gasteiger partial charge is 0.171 e. The van der Waals surface area contributed by atoms with Crippen molar-refractivity contribution in [3.05, 3.63) is 52.8 Å². The highest BCUT2D eigenvalue weighted by atomic mass is 35.5. The molecule has 0 saturated heterocycles. The van der Waals surface area contributed by atoms with Gasteiger partial charge in [0.2, 0.25) is 0 Å². The predicted molar refractivity (Wildman–Crippen MR) is 79.3 cm³/mol. The van der Waals surface area contributed by atoms with Crippen molar-refractivity contribution in [3.8, 4) is 11.1 Å². The summed E-state index contributed by atoms with van der Waals surface area (Å²) in [7, 11) is 0. The topological polar surface area (TPSA) is 17.8 Å². The summed E-state index contributed by atoms with van der Waals surface area (Å²) in [6, 6.07) is 10.9. The van der Waals surface area contributed by atoms with E-state index in [1.807, 2.05) is 24.3 Å². The Hall–Kier alpha value is -1.23. The third-order valence-corrected chi connectivity index (χ3v) is 3.79. The molecular formula is C13H7Cl2FN2S. The van der Waals surface area contributed by atoms with Crippen molar-refractivity contribution in [1.29, 1.82) is 0 Å². The Morgan fingerprint density at radius 3 is 2.58 bits per heavy atom. The molecule has 0 aliphatic rings. The molecule has 0 saturated carbocycles. The monoisotopic (exact) mass is 312 g/mol. The molecule has 2 aromatic heterocycles. The van der Waals surface area contributed by atoms with Crippen molar-refractivity contribution < 1.29 is 3.89 Å². The van der Waals surface area contributed by atoms with Crippen LogP contribution in [0.3, 0.4) is 0 Å². The van der Waals surface area contributed by atoms with E-state index in [0.29, 0.717) is 15.8 Å². The molecule has 1 aromatic carbocycles. The maximum absolute atomic E-state index is 13.0. The van der Waals surface area contributed by atoms with Crippen molar-refractivity contribution >= 4 is 46.6 Å². The lowest BCUT2D eigenvalue weighted by Crippen LogP contribution is -1.83. The van der Waals surface area contributed by atoms with Crippen LogP contribution in [0.1, 0.15) is 0 Å². The van der Waals surface area contributed by atoms with Crippen LogP contribution in [0.25, 0.3) is 22.2 Å². The van der Waals surface area contributed by atoms with Crippen molar-refractivity contribution in [1.82, 2.24) is 8.96 Å². The van der Waals surface area contributed by atoms with E-state index in [1.54, 1.807) is 18.3 Å². The second-order valence-electron chi connectivity index (χ2n) is 3.92. The first-order valence-corrected chi connectivity index (χ1v) is 6.85. The number of halogens is 3. The Bertz CT molecular complexity index is 757. The zero-order valence-electron chi connectivity index (χ0n) is 9.48. The third kappa shape index (κ3) is 2.20. The molecule has 0 bridgehead atoms. The second kappa shape index (κ2) is 5.04. The zero-order valence-corrected chi connectivity index (χ0v) is 11.8. The Morgan fingerprint density at radius 2 is 1.84 bits per heavy atom. The largest absolute Gasteiger partial charge is 0.246 e. The van der Waals surface area contributed by atoms with E-state index >= 15 is 0 Å². The minimum absolute atomic E-state index is 0.0808. The summed E-state index contributed by atoms with van der Waals surface area (Å²) < 4.78 is 14.3. The van der Waals surface area contributed by atoms with Gasteiger partial charge in [-0.1, -0.05) is 41.4 Å². The molecule has 6 heteroatoms. The molecule has 19 heavy (non-hydrogen) atoms. The van der Waals surface area contributed by atoms with Crippen molar-refractivity contribution in [2.75, 3.05) is 0 Å². The average molecular weight is 313 g/mol. The van der Waals surface area contributed by atoms with E-state index in [9.17, 15) is 3.89 Å². The Morgan fingerprint density at radius 1 is 1.05 bits per heavy atom. The van der Waals surface area contributed by atoms with Gasteiger partial charge in [0.1, 0.15) is 5.15 Å². The number of aromatic nitrogens is 2. The number of hydrogen-bond donors (Lipinski definition) is 0. The van der Waals surface area contributed by atoms with E-state index < -0.39 is 0 Å². The normalized spacial score (nSPS) is 11.1. The van der Waals surface area contributed by atoms with Crippen LogP contribution < -0.4 is 0 Å². The lowest BCUT2D eigenvalue weighted by Gasteiger charge is -2.01. The fourth-order valence-electron chi connectivity index (χ4n) is 2.00. The lowest BCUT2D eigenvalue weighted by molar-refractivity contribution is 0.919. The van der Waals surface area contributed by atoms with Crippen LogP contribution in [0.2, 0.25) is 10.2 Å². The van der Waals surface area contributed by atoms with Crippen molar-refractivity contribution in [2.24, 2.45) is 0 Å². The van der Waals surface area contributed by atoms with E-state index in [4.69, 9.17) is 23.2 Å². The minimum Gasteiger partial charge on any atom is -0.246 e. The van der Waals surface area contributed by atoms with Crippen LogP contribution in [0.5, 0.6) is 0 Å². The molecule has 0 unspecified atom stereocenters. The maximum Gasteiger partial charge on any atom is 0.171 e. The van der Waals surface area contributed by atoms with Gasteiger partial charge in [0.25, 0.3) is 0 Å². The van der Waals surface area contributed by atoms with Crippen LogP contribution in [0, 0.1) is 0 Å². The molecule has 0 aliphatic carbocycles. The number of pyridine rings is 1. The summed E-state index contributed by atoms with van der Waals surface area (Å²) in [4.78, 5) is 4.15. The molecule has 96 valence electrons. The van der Waals surface area contributed by atoms with E-state index in [1.165, 1.54) is 3.97 Å². The number of nitrogens with zero attached hydrogens (tertiary/aromatic N) is 2. The molecule has 0 aliphatic heterocycles. The standard InChI is InChI=1S/C13H7Cl2FN2S/c14-11-4-2-1-3-8(11)10-7-18(19-16)13-9(10)5-6-12(15)17-13/h1-7H. The van der Waals surface area contributed by atoms with Crippen LogP contribution in [0.15, 0.2) is 42.6 Å². The molecule has 3 aromatic rings. The summed E-state index contributed by atoms with van der Waals surface area (Å²) in [5, 5.41) is 1.75. The number of rotatable bonds is 2. The Labute approximate surface area is 123 Å². The van der Waals surface area contributed by atoms with Gasteiger partial charge in [-0.3, -0.25) is 0 Å².